The van der Waals surface area contributed by atoms with Crippen molar-refractivity contribution in [2.45, 2.75) is 13.0 Å². The van der Waals surface area contributed by atoms with Gasteiger partial charge in [-0.05, 0) is 6.92 Å². The molecule has 1 rings (SSSR count). The number of anilines is 1. The molecular weight excluding hydrogens is 220 g/mol. The Bertz CT molecular complexity index is 443. The lowest BCUT2D eigenvalue weighted by molar-refractivity contribution is -0.118. The van der Waals surface area contributed by atoms with Gasteiger partial charge in [0.05, 0.1) is 0 Å². The number of hydrogen-bond acceptors (Lipinski definition) is 4. The highest BCUT2D eigenvalue weighted by Crippen LogP contribution is 2.05. The van der Waals surface area contributed by atoms with Crippen molar-refractivity contribution >= 4 is 23.3 Å². The highest BCUT2D eigenvalue weighted by molar-refractivity contribution is 6.29. The first-order valence-electron chi connectivity index (χ1n) is 4.21. The van der Waals surface area contributed by atoms with Gasteiger partial charge in [-0.25, -0.2) is 0 Å². The summed E-state index contributed by atoms with van der Waals surface area (Å²) >= 11 is 5.52. The summed E-state index contributed by atoms with van der Waals surface area (Å²) in [6, 6.07) is 0.674. The van der Waals surface area contributed by atoms with Crippen molar-refractivity contribution in [3.05, 3.63) is 21.4 Å². The predicted molar refractivity (Wildman–Crippen MR) is 56.8 cm³/mol. The summed E-state index contributed by atoms with van der Waals surface area (Å²) in [4.78, 5) is 22.0. The van der Waals surface area contributed by atoms with Gasteiger partial charge in [0.1, 0.15) is 11.9 Å². The van der Waals surface area contributed by atoms with E-state index in [9.17, 15) is 9.59 Å². The second-order valence-electron chi connectivity index (χ2n) is 3.08. The van der Waals surface area contributed by atoms with Crippen LogP contribution in [-0.2, 0) is 11.8 Å². The molecule has 1 aromatic rings. The largest absolute Gasteiger partial charge is 0.368 e. The van der Waals surface area contributed by atoms with Crippen LogP contribution in [0.25, 0.3) is 0 Å². The fourth-order valence-corrected chi connectivity index (χ4v) is 1.11. The van der Waals surface area contributed by atoms with E-state index in [1.54, 1.807) is 14.0 Å². The second-order valence-corrected chi connectivity index (χ2v) is 3.43. The first-order chi connectivity index (χ1) is 6.91. The SMILES string of the molecule is CC(Nc1cc(=O)c(Cl)nn1C)C(N)=O. The summed E-state index contributed by atoms with van der Waals surface area (Å²) in [6.07, 6.45) is 0. The second kappa shape index (κ2) is 4.31. The smallest absolute Gasteiger partial charge is 0.239 e. The molecule has 0 radical (unpaired) electrons. The number of primary amides is 1. The molecule has 0 aromatic carbocycles. The molecule has 0 bridgehead atoms. The fraction of sp³-hybridized carbons (Fsp3) is 0.375. The average Bonchev–Trinajstić information content (AvgIpc) is 2.13. The van der Waals surface area contributed by atoms with Crippen molar-refractivity contribution in [3.63, 3.8) is 0 Å². The topological polar surface area (TPSA) is 90.0 Å². The zero-order chi connectivity index (χ0) is 11.6. The van der Waals surface area contributed by atoms with E-state index < -0.39 is 17.4 Å². The van der Waals surface area contributed by atoms with Gasteiger partial charge in [-0.15, -0.1) is 0 Å². The monoisotopic (exact) mass is 230 g/mol. The van der Waals surface area contributed by atoms with Gasteiger partial charge in [0.15, 0.2) is 5.15 Å². The molecular formula is C8H11ClN4O2. The highest BCUT2D eigenvalue weighted by atomic mass is 35.5. The van der Waals surface area contributed by atoms with Crippen LogP contribution in [0.3, 0.4) is 0 Å². The van der Waals surface area contributed by atoms with Gasteiger partial charge in [-0.2, -0.15) is 5.10 Å². The number of rotatable bonds is 3. The van der Waals surface area contributed by atoms with Crippen molar-refractivity contribution in [2.24, 2.45) is 12.8 Å². The summed E-state index contributed by atoms with van der Waals surface area (Å²) in [6.45, 7) is 1.58. The summed E-state index contributed by atoms with van der Waals surface area (Å²) in [5, 5.41) is 6.37. The standard InChI is InChI=1S/C8H11ClN4O2/c1-4(8(10)15)11-6-3-5(14)7(9)12-13(6)2/h3-4,11H,1-2H3,(H2,10,15). The molecule has 0 fully saturated rings. The van der Waals surface area contributed by atoms with Crippen molar-refractivity contribution in [2.75, 3.05) is 5.32 Å². The number of nitrogens with one attached hydrogen (secondary N) is 1. The summed E-state index contributed by atoms with van der Waals surface area (Å²) in [5.74, 6) is -0.131. The maximum absolute atomic E-state index is 11.2. The van der Waals surface area contributed by atoms with Gasteiger partial charge in [0, 0.05) is 13.1 Å². The van der Waals surface area contributed by atoms with Gasteiger partial charge in [-0.3, -0.25) is 14.3 Å². The van der Waals surface area contributed by atoms with Crippen LogP contribution in [0.2, 0.25) is 5.15 Å². The Hall–Kier alpha value is -1.56. The Morgan fingerprint density at radius 1 is 1.73 bits per heavy atom. The molecule has 6 nitrogen and oxygen atoms in total. The number of amides is 1. The lowest BCUT2D eigenvalue weighted by Gasteiger charge is -2.13. The van der Waals surface area contributed by atoms with Crippen LogP contribution in [0, 0.1) is 0 Å². The molecule has 15 heavy (non-hydrogen) atoms. The summed E-state index contributed by atoms with van der Waals surface area (Å²) in [7, 11) is 1.60. The zero-order valence-corrected chi connectivity index (χ0v) is 9.08. The minimum absolute atomic E-state index is 0.116. The lowest BCUT2D eigenvalue weighted by Crippen LogP contribution is -2.34. The first-order valence-corrected chi connectivity index (χ1v) is 4.59. The maximum Gasteiger partial charge on any atom is 0.239 e. The first kappa shape index (κ1) is 11.5. The predicted octanol–water partition coefficient (Wildman–Crippen LogP) is -0.281. The normalized spacial score (nSPS) is 12.2. The molecule has 1 heterocycles. The Labute approximate surface area is 91.0 Å². The third-order valence-corrected chi connectivity index (χ3v) is 2.11. The van der Waals surface area contributed by atoms with E-state index in [-0.39, 0.29) is 5.15 Å². The van der Waals surface area contributed by atoms with E-state index in [4.69, 9.17) is 17.3 Å². The number of hydrogen-bond donors (Lipinski definition) is 2. The van der Waals surface area contributed by atoms with E-state index in [2.05, 4.69) is 10.4 Å². The molecule has 0 aliphatic carbocycles. The Morgan fingerprint density at radius 3 is 2.87 bits per heavy atom. The lowest BCUT2D eigenvalue weighted by atomic mass is 10.3. The minimum Gasteiger partial charge on any atom is -0.368 e. The molecule has 0 spiro atoms. The Kier molecular flexibility index (Phi) is 3.31. The molecule has 0 aliphatic rings. The number of nitrogens with zero attached hydrogens (tertiary/aromatic N) is 2. The molecule has 3 N–H and O–H groups in total. The van der Waals surface area contributed by atoms with Gasteiger partial charge in [-0.1, -0.05) is 11.6 Å². The Balaban J connectivity index is 3.01. The fourth-order valence-electron chi connectivity index (χ4n) is 0.940. The van der Waals surface area contributed by atoms with Crippen LogP contribution in [-0.4, -0.2) is 21.7 Å². The van der Waals surface area contributed by atoms with Crippen molar-refractivity contribution < 1.29 is 4.79 Å². The molecule has 1 unspecified atom stereocenters. The van der Waals surface area contributed by atoms with E-state index in [0.717, 1.165) is 0 Å². The molecule has 0 saturated carbocycles. The number of carbonyl (C=O) groups excluding carboxylic acids is 1. The molecule has 82 valence electrons. The van der Waals surface area contributed by atoms with Gasteiger partial charge < -0.3 is 11.1 Å². The third-order valence-electron chi connectivity index (χ3n) is 1.85. The third kappa shape index (κ3) is 2.69. The number of aryl methyl sites for hydroxylation is 1. The van der Waals surface area contributed by atoms with Gasteiger partial charge in [0.2, 0.25) is 11.3 Å². The molecule has 1 amide bonds. The van der Waals surface area contributed by atoms with Gasteiger partial charge >= 0.3 is 0 Å². The van der Waals surface area contributed by atoms with Crippen molar-refractivity contribution in [1.29, 1.82) is 0 Å². The molecule has 1 aromatic heterocycles. The van der Waals surface area contributed by atoms with Crippen LogP contribution in [0.5, 0.6) is 0 Å². The number of nitrogens with two attached hydrogens (primary N) is 1. The molecule has 1 atom stereocenters. The van der Waals surface area contributed by atoms with E-state index in [1.807, 2.05) is 0 Å². The zero-order valence-electron chi connectivity index (χ0n) is 8.32. The maximum atomic E-state index is 11.2. The Morgan fingerprint density at radius 2 is 2.33 bits per heavy atom. The minimum atomic E-state index is -0.585. The number of halogens is 1. The van der Waals surface area contributed by atoms with Crippen LogP contribution in [0.15, 0.2) is 10.9 Å². The average molecular weight is 231 g/mol. The quantitative estimate of drug-likeness (QED) is 0.747. The molecule has 7 heteroatoms. The number of carbonyl (C=O) groups is 1. The van der Waals surface area contributed by atoms with Crippen molar-refractivity contribution in [1.82, 2.24) is 9.78 Å². The summed E-state index contributed by atoms with van der Waals surface area (Å²) in [5.41, 5.74) is 4.66. The number of aromatic nitrogens is 2. The van der Waals surface area contributed by atoms with Crippen LogP contribution in [0.1, 0.15) is 6.92 Å². The van der Waals surface area contributed by atoms with Gasteiger partial charge in [0.25, 0.3) is 0 Å². The van der Waals surface area contributed by atoms with Crippen molar-refractivity contribution in [3.8, 4) is 0 Å². The van der Waals surface area contributed by atoms with E-state index >= 15 is 0 Å². The highest BCUT2D eigenvalue weighted by Gasteiger charge is 2.11. The van der Waals surface area contributed by atoms with Crippen LogP contribution >= 0.6 is 11.6 Å². The van der Waals surface area contributed by atoms with E-state index in [0.29, 0.717) is 5.82 Å². The van der Waals surface area contributed by atoms with Crippen LogP contribution < -0.4 is 16.5 Å². The molecule has 0 saturated heterocycles. The summed E-state index contributed by atoms with van der Waals surface area (Å²) < 4.78 is 1.36. The molecule has 0 aliphatic heterocycles. The van der Waals surface area contributed by atoms with E-state index in [1.165, 1.54) is 10.7 Å². The van der Waals surface area contributed by atoms with Crippen LogP contribution in [0.4, 0.5) is 5.82 Å².